The minimum Gasteiger partial charge on any atom is -0.398 e. The van der Waals surface area contributed by atoms with Gasteiger partial charge in [-0.15, -0.1) is 0 Å². The SMILES string of the molecule is Nc1ccc(-c2ccccn2)cc1CC(=O)c1ccc(N2CCNCC2)nc1. The van der Waals surface area contributed by atoms with Gasteiger partial charge in [0.15, 0.2) is 5.78 Å². The van der Waals surface area contributed by atoms with E-state index in [1.54, 1.807) is 12.4 Å². The Morgan fingerprint density at radius 3 is 2.64 bits per heavy atom. The number of anilines is 2. The zero-order valence-corrected chi connectivity index (χ0v) is 15.6. The molecule has 0 atom stereocenters. The second kappa shape index (κ2) is 8.19. The predicted molar refractivity (Wildman–Crippen MR) is 111 cm³/mol. The van der Waals surface area contributed by atoms with E-state index in [0.29, 0.717) is 11.3 Å². The van der Waals surface area contributed by atoms with Crippen LogP contribution in [0.4, 0.5) is 11.5 Å². The van der Waals surface area contributed by atoms with Crippen molar-refractivity contribution in [1.82, 2.24) is 15.3 Å². The number of piperazine rings is 1. The van der Waals surface area contributed by atoms with Crippen LogP contribution >= 0.6 is 0 Å². The van der Waals surface area contributed by atoms with Crippen LogP contribution in [-0.4, -0.2) is 41.9 Å². The average Bonchev–Trinajstić information content (AvgIpc) is 2.76. The van der Waals surface area contributed by atoms with Crippen molar-refractivity contribution in [3.8, 4) is 11.3 Å². The number of rotatable bonds is 5. The van der Waals surface area contributed by atoms with Crippen molar-refractivity contribution in [1.29, 1.82) is 0 Å². The second-order valence-corrected chi connectivity index (χ2v) is 6.87. The molecule has 1 aromatic carbocycles. The van der Waals surface area contributed by atoms with E-state index >= 15 is 0 Å². The molecule has 0 unspecified atom stereocenters. The molecule has 6 heteroatoms. The molecule has 28 heavy (non-hydrogen) atoms. The number of nitrogens with zero attached hydrogens (tertiary/aromatic N) is 3. The van der Waals surface area contributed by atoms with Crippen molar-refractivity contribution >= 4 is 17.3 Å². The molecule has 1 saturated heterocycles. The largest absolute Gasteiger partial charge is 0.398 e. The van der Waals surface area contributed by atoms with Gasteiger partial charge in [-0.2, -0.15) is 0 Å². The van der Waals surface area contributed by atoms with Crippen LogP contribution in [0.1, 0.15) is 15.9 Å². The quantitative estimate of drug-likeness (QED) is 0.528. The highest BCUT2D eigenvalue weighted by Crippen LogP contribution is 2.23. The molecule has 0 saturated carbocycles. The molecular formula is C22H23N5O. The number of aromatic nitrogens is 2. The fourth-order valence-corrected chi connectivity index (χ4v) is 3.36. The van der Waals surface area contributed by atoms with Gasteiger partial charge in [0.1, 0.15) is 5.82 Å². The van der Waals surface area contributed by atoms with Gasteiger partial charge in [0.05, 0.1) is 5.69 Å². The number of pyridine rings is 2. The van der Waals surface area contributed by atoms with Gasteiger partial charge in [-0.05, 0) is 42.0 Å². The van der Waals surface area contributed by atoms with E-state index in [4.69, 9.17) is 5.73 Å². The third-order valence-electron chi connectivity index (χ3n) is 4.97. The smallest absolute Gasteiger partial charge is 0.168 e. The lowest BCUT2D eigenvalue weighted by Gasteiger charge is -2.28. The van der Waals surface area contributed by atoms with E-state index in [0.717, 1.165) is 48.8 Å². The second-order valence-electron chi connectivity index (χ2n) is 6.87. The van der Waals surface area contributed by atoms with Crippen LogP contribution in [0.25, 0.3) is 11.3 Å². The highest BCUT2D eigenvalue weighted by molar-refractivity contribution is 5.98. The zero-order valence-electron chi connectivity index (χ0n) is 15.6. The lowest BCUT2D eigenvalue weighted by molar-refractivity contribution is 0.0993. The van der Waals surface area contributed by atoms with Crippen molar-refractivity contribution in [2.45, 2.75) is 6.42 Å². The standard InChI is InChI=1S/C22H23N5O/c23-19-6-4-16(20-3-1-2-8-25-20)13-18(19)14-21(28)17-5-7-22(26-15-17)27-11-9-24-10-12-27/h1-8,13,15,24H,9-12,14,23H2. The van der Waals surface area contributed by atoms with Crippen LogP contribution in [0.5, 0.6) is 0 Å². The summed E-state index contributed by atoms with van der Waals surface area (Å²) in [6, 6.07) is 15.2. The summed E-state index contributed by atoms with van der Waals surface area (Å²) in [5, 5.41) is 3.32. The first-order valence-corrected chi connectivity index (χ1v) is 9.45. The number of carbonyl (C=O) groups excluding carboxylic acids is 1. The lowest BCUT2D eigenvalue weighted by atomic mass is 9.99. The van der Waals surface area contributed by atoms with E-state index in [9.17, 15) is 4.79 Å². The first kappa shape index (κ1) is 18.1. The summed E-state index contributed by atoms with van der Waals surface area (Å²) in [6.07, 6.45) is 3.65. The van der Waals surface area contributed by atoms with Crippen molar-refractivity contribution in [3.05, 3.63) is 72.1 Å². The van der Waals surface area contributed by atoms with Gasteiger partial charge < -0.3 is 16.0 Å². The molecule has 0 radical (unpaired) electrons. The maximum atomic E-state index is 12.8. The Bertz CT molecular complexity index is 950. The molecule has 3 aromatic rings. The Morgan fingerprint density at radius 2 is 1.93 bits per heavy atom. The average molecular weight is 373 g/mol. The summed E-state index contributed by atoms with van der Waals surface area (Å²) < 4.78 is 0. The van der Waals surface area contributed by atoms with E-state index in [2.05, 4.69) is 20.2 Å². The summed E-state index contributed by atoms with van der Waals surface area (Å²) in [5.74, 6) is 0.916. The molecule has 0 aliphatic carbocycles. The molecule has 3 N–H and O–H groups in total. The first-order chi connectivity index (χ1) is 13.7. The topological polar surface area (TPSA) is 84.1 Å². The highest BCUT2D eigenvalue weighted by Gasteiger charge is 2.14. The molecular weight excluding hydrogens is 350 g/mol. The third kappa shape index (κ3) is 4.02. The fraction of sp³-hybridized carbons (Fsp3) is 0.227. The van der Waals surface area contributed by atoms with Gasteiger partial charge in [-0.3, -0.25) is 9.78 Å². The number of nitrogens with two attached hydrogens (primary N) is 1. The van der Waals surface area contributed by atoms with Gasteiger partial charge in [-0.1, -0.05) is 12.1 Å². The number of nitrogens with one attached hydrogen (secondary N) is 1. The molecule has 0 amide bonds. The summed E-state index contributed by atoms with van der Waals surface area (Å²) in [7, 11) is 0. The van der Waals surface area contributed by atoms with Crippen LogP contribution in [0, 0.1) is 0 Å². The van der Waals surface area contributed by atoms with Gasteiger partial charge in [0, 0.05) is 61.8 Å². The van der Waals surface area contributed by atoms with Gasteiger partial charge >= 0.3 is 0 Å². The number of Topliss-reactive ketones (excluding diaryl/α,β-unsaturated/α-hetero) is 1. The van der Waals surface area contributed by atoms with Crippen LogP contribution in [-0.2, 0) is 6.42 Å². The maximum Gasteiger partial charge on any atom is 0.168 e. The van der Waals surface area contributed by atoms with Crippen molar-refractivity contribution in [3.63, 3.8) is 0 Å². The predicted octanol–water partition coefficient (Wildman–Crippen LogP) is 2.56. The number of hydrogen-bond acceptors (Lipinski definition) is 6. The van der Waals surface area contributed by atoms with Crippen LogP contribution in [0.15, 0.2) is 60.9 Å². The minimum absolute atomic E-state index is 0.00392. The van der Waals surface area contributed by atoms with Crippen LogP contribution < -0.4 is 16.0 Å². The molecule has 6 nitrogen and oxygen atoms in total. The number of ketones is 1. The molecule has 1 fully saturated rings. The Kier molecular flexibility index (Phi) is 5.30. The maximum absolute atomic E-state index is 12.8. The molecule has 2 aromatic heterocycles. The summed E-state index contributed by atoms with van der Waals surface area (Å²) in [5.41, 5.74) is 9.94. The highest BCUT2D eigenvalue weighted by atomic mass is 16.1. The molecule has 4 rings (SSSR count). The monoisotopic (exact) mass is 373 g/mol. The molecule has 1 aliphatic rings. The molecule has 142 valence electrons. The minimum atomic E-state index is 0.00392. The van der Waals surface area contributed by atoms with Crippen molar-refractivity contribution < 1.29 is 4.79 Å². The summed E-state index contributed by atoms with van der Waals surface area (Å²) in [4.78, 5) is 23.8. The van der Waals surface area contributed by atoms with E-state index < -0.39 is 0 Å². The lowest BCUT2D eigenvalue weighted by Crippen LogP contribution is -2.43. The molecule has 0 bridgehead atoms. The molecule has 0 spiro atoms. The zero-order chi connectivity index (χ0) is 19.3. The van der Waals surface area contributed by atoms with Crippen molar-refractivity contribution in [2.75, 3.05) is 36.8 Å². The number of hydrogen-bond donors (Lipinski definition) is 2. The molecule has 3 heterocycles. The van der Waals surface area contributed by atoms with Gasteiger partial charge in [0.2, 0.25) is 0 Å². The van der Waals surface area contributed by atoms with E-state index in [-0.39, 0.29) is 12.2 Å². The summed E-state index contributed by atoms with van der Waals surface area (Å²) in [6.45, 7) is 3.76. The van der Waals surface area contributed by atoms with Gasteiger partial charge in [0.25, 0.3) is 0 Å². The van der Waals surface area contributed by atoms with Crippen molar-refractivity contribution in [2.24, 2.45) is 0 Å². The Balaban J connectivity index is 1.50. The normalized spacial score (nSPS) is 14.1. The summed E-state index contributed by atoms with van der Waals surface area (Å²) >= 11 is 0. The van der Waals surface area contributed by atoms with Gasteiger partial charge in [-0.25, -0.2) is 4.98 Å². The number of nitrogen functional groups attached to an aromatic ring is 1. The first-order valence-electron chi connectivity index (χ1n) is 9.45. The fourth-order valence-electron chi connectivity index (χ4n) is 3.36. The van der Waals surface area contributed by atoms with E-state index in [1.165, 1.54) is 0 Å². The Hall–Kier alpha value is -3.25. The number of carbonyl (C=O) groups is 1. The molecule has 1 aliphatic heterocycles. The Labute approximate surface area is 164 Å². The Morgan fingerprint density at radius 1 is 1.07 bits per heavy atom. The third-order valence-corrected chi connectivity index (χ3v) is 4.97. The van der Waals surface area contributed by atoms with E-state index in [1.807, 2.05) is 48.5 Å². The van der Waals surface area contributed by atoms with Crippen LogP contribution in [0.2, 0.25) is 0 Å². The van der Waals surface area contributed by atoms with Crippen LogP contribution in [0.3, 0.4) is 0 Å². The number of benzene rings is 1.